The molecule has 2 bridgehead atoms. The van der Waals surface area contributed by atoms with Crippen LogP contribution in [-0.4, -0.2) is 10.9 Å². The molecule has 1 aromatic carbocycles. The summed E-state index contributed by atoms with van der Waals surface area (Å²) in [5, 5.41) is 0. The maximum atomic E-state index is 2.86. The van der Waals surface area contributed by atoms with E-state index >= 15 is 0 Å². The van der Waals surface area contributed by atoms with E-state index in [2.05, 4.69) is 29.2 Å². The fraction of sp³-hybridized carbons (Fsp3) is 0.600. The second-order valence-corrected chi connectivity index (χ2v) is 5.62. The summed E-state index contributed by atoms with van der Waals surface area (Å²) in [7, 11) is 0. The van der Waals surface area contributed by atoms with Gasteiger partial charge in [0.15, 0.2) is 0 Å². The zero-order valence-electron chi connectivity index (χ0n) is 10.1. The number of nitrogens with zero attached hydrogens (tertiary/aromatic N) is 1. The number of halogens is 1. The molecule has 0 N–H and O–H groups in total. The van der Waals surface area contributed by atoms with Crippen LogP contribution in [-0.2, 0) is 0 Å². The lowest BCUT2D eigenvalue weighted by Crippen LogP contribution is -2.42. The van der Waals surface area contributed by atoms with Crippen LogP contribution in [0.2, 0.25) is 0 Å². The monoisotopic (exact) mass is 249 g/mol. The summed E-state index contributed by atoms with van der Waals surface area (Å²) < 4.78 is 0. The van der Waals surface area contributed by atoms with Gasteiger partial charge in [-0.1, -0.05) is 30.7 Å². The number of rotatable bonds is 1. The number of fused-ring (bicyclic) bond motifs is 5. The van der Waals surface area contributed by atoms with Gasteiger partial charge in [0, 0.05) is 18.1 Å². The van der Waals surface area contributed by atoms with Crippen molar-refractivity contribution < 1.29 is 0 Å². The lowest BCUT2D eigenvalue weighted by Gasteiger charge is -2.45. The molecule has 2 heterocycles. The number of hydrogen-bond donors (Lipinski definition) is 0. The van der Waals surface area contributed by atoms with Crippen molar-refractivity contribution in [3.8, 4) is 0 Å². The molecule has 1 aliphatic carbocycles. The lowest BCUT2D eigenvalue weighted by molar-refractivity contribution is 0.0210. The summed E-state index contributed by atoms with van der Waals surface area (Å²) in [5.74, 6) is 0. The van der Waals surface area contributed by atoms with Crippen LogP contribution in [0.3, 0.4) is 0 Å². The smallest absolute Gasteiger partial charge is 0.0360 e. The highest BCUT2D eigenvalue weighted by Crippen LogP contribution is 2.53. The Hall–Kier alpha value is -0.530. The van der Waals surface area contributed by atoms with Crippen molar-refractivity contribution in [2.45, 2.75) is 56.7 Å². The normalized spacial score (nSPS) is 31.5. The van der Waals surface area contributed by atoms with Gasteiger partial charge in [0.1, 0.15) is 0 Å². The van der Waals surface area contributed by atoms with Gasteiger partial charge in [-0.05, 0) is 43.2 Å². The third-order valence-electron chi connectivity index (χ3n) is 4.89. The molecule has 2 unspecified atom stereocenters. The zero-order valence-corrected chi connectivity index (χ0v) is 11.0. The minimum Gasteiger partial charge on any atom is -0.286 e. The van der Waals surface area contributed by atoms with E-state index in [1.165, 1.54) is 38.5 Å². The molecular formula is C15H20ClN. The predicted molar refractivity (Wildman–Crippen MR) is 72.5 cm³/mol. The molecule has 1 nitrogen and oxygen atoms in total. The van der Waals surface area contributed by atoms with Crippen LogP contribution in [0.15, 0.2) is 24.3 Å². The summed E-state index contributed by atoms with van der Waals surface area (Å²) in [6, 6.07) is 11.6. The first-order valence-corrected chi connectivity index (χ1v) is 6.81. The second kappa shape index (κ2) is 4.29. The lowest BCUT2D eigenvalue weighted by atomic mass is 9.87. The summed E-state index contributed by atoms with van der Waals surface area (Å²) in [5.41, 5.74) is 3.30. The van der Waals surface area contributed by atoms with E-state index < -0.39 is 0 Å². The summed E-state index contributed by atoms with van der Waals surface area (Å²) in [4.78, 5) is 2.86. The van der Waals surface area contributed by atoms with E-state index in [-0.39, 0.29) is 12.4 Å². The van der Waals surface area contributed by atoms with Gasteiger partial charge >= 0.3 is 0 Å². The molecule has 2 atom stereocenters. The van der Waals surface area contributed by atoms with Gasteiger partial charge in [0.05, 0.1) is 0 Å². The Kier molecular flexibility index (Phi) is 2.92. The molecule has 1 saturated carbocycles. The molecule has 0 aromatic heterocycles. The molecule has 1 aromatic rings. The van der Waals surface area contributed by atoms with Crippen LogP contribution in [0.4, 0.5) is 0 Å². The molecular weight excluding hydrogens is 230 g/mol. The Morgan fingerprint density at radius 1 is 0.824 bits per heavy atom. The van der Waals surface area contributed by atoms with Crippen LogP contribution >= 0.6 is 12.4 Å². The standard InChI is InChI=1S/C15H19N.ClH/c1-2-8-13-12(7-1)14-9-4-10-15(13)16(14)11-5-3-6-11;/h1-2,7-8,11,14-15H,3-6,9-10H2;1H. The maximum Gasteiger partial charge on any atom is 0.0360 e. The molecule has 92 valence electrons. The third-order valence-corrected chi connectivity index (χ3v) is 4.89. The van der Waals surface area contributed by atoms with E-state index in [4.69, 9.17) is 0 Å². The first-order valence-electron chi connectivity index (χ1n) is 6.81. The summed E-state index contributed by atoms with van der Waals surface area (Å²) in [6.45, 7) is 0. The number of hydrogen-bond acceptors (Lipinski definition) is 1. The highest BCUT2D eigenvalue weighted by atomic mass is 35.5. The maximum absolute atomic E-state index is 2.86. The average molecular weight is 250 g/mol. The van der Waals surface area contributed by atoms with Crippen LogP contribution in [0.1, 0.15) is 61.7 Å². The first-order chi connectivity index (χ1) is 7.95. The van der Waals surface area contributed by atoms with Gasteiger partial charge in [-0.15, -0.1) is 12.4 Å². The molecule has 1 saturated heterocycles. The van der Waals surface area contributed by atoms with E-state index in [9.17, 15) is 0 Å². The van der Waals surface area contributed by atoms with Gasteiger partial charge in [0.2, 0.25) is 0 Å². The Morgan fingerprint density at radius 3 is 1.82 bits per heavy atom. The highest BCUT2D eigenvalue weighted by Gasteiger charge is 2.45. The van der Waals surface area contributed by atoms with E-state index in [0.717, 1.165) is 18.1 Å². The minimum atomic E-state index is 0. The van der Waals surface area contributed by atoms with Gasteiger partial charge in [-0.2, -0.15) is 0 Å². The van der Waals surface area contributed by atoms with E-state index in [1.807, 2.05) is 0 Å². The molecule has 0 spiro atoms. The van der Waals surface area contributed by atoms with Gasteiger partial charge < -0.3 is 0 Å². The van der Waals surface area contributed by atoms with Crippen LogP contribution in [0.5, 0.6) is 0 Å². The molecule has 2 heteroatoms. The molecule has 2 fully saturated rings. The summed E-state index contributed by atoms with van der Waals surface area (Å²) in [6.07, 6.45) is 8.56. The molecule has 0 amide bonds. The molecule has 17 heavy (non-hydrogen) atoms. The topological polar surface area (TPSA) is 3.24 Å². The SMILES string of the molecule is Cl.c1ccc2c(c1)C1CCCC2N1C1CCC1. The van der Waals surface area contributed by atoms with Crippen molar-refractivity contribution in [2.24, 2.45) is 0 Å². The second-order valence-electron chi connectivity index (χ2n) is 5.62. The summed E-state index contributed by atoms with van der Waals surface area (Å²) >= 11 is 0. The Balaban J connectivity index is 0.000000902. The van der Waals surface area contributed by atoms with Crippen LogP contribution in [0, 0.1) is 0 Å². The Bertz CT molecular complexity index is 382. The molecule has 4 rings (SSSR count). The number of piperidine rings is 1. The quantitative estimate of drug-likeness (QED) is 0.720. The van der Waals surface area contributed by atoms with Crippen molar-refractivity contribution >= 4 is 12.4 Å². The molecule has 3 aliphatic rings. The predicted octanol–water partition coefficient (Wildman–Crippen LogP) is 4.24. The van der Waals surface area contributed by atoms with Crippen molar-refractivity contribution in [1.82, 2.24) is 4.90 Å². The van der Waals surface area contributed by atoms with Gasteiger partial charge in [0.25, 0.3) is 0 Å². The largest absolute Gasteiger partial charge is 0.286 e. The van der Waals surface area contributed by atoms with Crippen molar-refractivity contribution in [2.75, 3.05) is 0 Å². The highest BCUT2D eigenvalue weighted by molar-refractivity contribution is 5.85. The average Bonchev–Trinajstić information content (AvgIpc) is 2.44. The fourth-order valence-electron chi connectivity index (χ4n) is 3.96. The van der Waals surface area contributed by atoms with E-state index in [0.29, 0.717) is 0 Å². The van der Waals surface area contributed by atoms with Crippen LogP contribution < -0.4 is 0 Å². The van der Waals surface area contributed by atoms with Gasteiger partial charge in [-0.25, -0.2) is 0 Å². The van der Waals surface area contributed by atoms with Crippen molar-refractivity contribution in [3.63, 3.8) is 0 Å². The zero-order chi connectivity index (χ0) is 10.5. The molecule has 2 aliphatic heterocycles. The minimum absolute atomic E-state index is 0. The molecule has 0 radical (unpaired) electrons. The fourth-order valence-corrected chi connectivity index (χ4v) is 3.96. The van der Waals surface area contributed by atoms with Gasteiger partial charge in [-0.3, -0.25) is 4.90 Å². The number of benzene rings is 1. The van der Waals surface area contributed by atoms with Crippen molar-refractivity contribution in [1.29, 1.82) is 0 Å². The Morgan fingerprint density at radius 2 is 1.35 bits per heavy atom. The van der Waals surface area contributed by atoms with Crippen LogP contribution in [0.25, 0.3) is 0 Å². The van der Waals surface area contributed by atoms with E-state index in [1.54, 1.807) is 11.1 Å². The third kappa shape index (κ3) is 1.56. The van der Waals surface area contributed by atoms with Crippen molar-refractivity contribution in [3.05, 3.63) is 35.4 Å². The Labute approximate surface area is 110 Å². The first kappa shape index (κ1) is 11.6.